The van der Waals surface area contributed by atoms with Gasteiger partial charge in [-0.15, -0.1) is 0 Å². The lowest BCUT2D eigenvalue weighted by Crippen LogP contribution is -2.18. The fraction of sp³-hybridized carbons (Fsp3) is 0.333. The molecule has 0 aromatic heterocycles. The number of methoxy groups -OCH3 is 1. The lowest BCUT2D eigenvalue weighted by atomic mass is 10.1. The van der Waals surface area contributed by atoms with E-state index in [0.29, 0.717) is 60.7 Å². The summed E-state index contributed by atoms with van der Waals surface area (Å²) in [6.45, 7) is 1.45. The van der Waals surface area contributed by atoms with Crippen molar-refractivity contribution in [3.05, 3.63) is 41.5 Å². The molecule has 4 rings (SSSR count). The fourth-order valence-corrected chi connectivity index (χ4v) is 3.03. The average molecular weight is 400 g/mol. The quantitative estimate of drug-likeness (QED) is 0.559. The van der Waals surface area contributed by atoms with E-state index in [2.05, 4.69) is 0 Å². The zero-order valence-electron chi connectivity index (χ0n) is 15.9. The smallest absolute Gasteiger partial charge is 0.338 e. The molecule has 2 aliphatic rings. The van der Waals surface area contributed by atoms with Gasteiger partial charge >= 0.3 is 5.97 Å². The number of rotatable bonds is 5. The van der Waals surface area contributed by atoms with Gasteiger partial charge in [-0.25, -0.2) is 4.79 Å². The first-order valence-corrected chi connectivity index (χ1v) is 9.23. The van der Waals surface area contributed by atoms with Crippen LogP contribution in [-0.2, 0) is 4.74 Å². The molecule has 0 unspecified atom stereocenters. The van der Waals surface area contributed by atoms with E-state index in [1.165, 1.54) is 19.2 Å². The zero-order valence-corrected chi connectivity index (χ0v) is 15.9. The van der Waals surface area contributed by atoms with Crippen molar-refractivity contribution in [3.8, 4) is 28.7 Å². The Balaban J connectivity index is 1.44. The molecule has 29 heavy (non-hydrogen) atoms. The van der Waals surface area contributed by atoms with E-state index < -0.39 is 12.6 Å². The van der Waals surface area contributed by atoms with Crippen LogP contribution in [0.3, 0.4) is 0 Å². The van der Waals surface area contributed by atoms with Crippen molar-refractivity contribution in [2.24, 2.45) is 0 Å². The van der Waals surface area contributed by atoms with Crippen LogP contribution in [0.15, 0.2) is 30.3 Å². The summed E-state index contributed by atoms with van der Waals surface area (Å²) < 4.78 is 32.6. The zero-order chi connectivity index (χ0) is 20.2. The van der Waals surface area contributed by atoms with Crippen molar-refractivity contribution >= 4 is 11.8 Å². The van der Waals surface area contributed by atoms with Crippen molar-refractivity contribution < 1.29 is 38.0 Å². The predicted octanol–water partition coefficient (Wildman–Crippen LogP) is 2.67. The van der Waals surface area contributed by atoms with E-state index in [9.17, 15) is 9.59 Å². The second-order valence-electron chi connectivity index (χ2n) is 6.41. The summed E-state index contributed by atoms with van der Waals surface area (Å²) in [6.07, 6.45) is 0.772. The van der Waals surface area contributed by atoms with Gasteiger partial charge in [-0.3, -0.25) is 4.79 Å². The normalized spacial score (nSPS) is 14.5. The van der Waals surface area contributed by atoms with E-state index in [0.717, 1.165) is 6.42 Å². The summed E-state index contributed by atoms with van der Waals surface area (Å²) in [4.78, 5) is 24.9. The largest absolute Gasteiger partial charge is 0.493 e. The molecule has 8 nitrogen and oxygen atoms in total. The van der Waals surface area contributed by atoms with Gasteiger partial charge in [0, 0.05) is 12.0 Å². The van der Waals surface area contributed by atoms with E-state index in [-0.39, 0.29) is 11.3 Å². The minimum Gasteiger partial charge on any atom is -0.493 e. The van der Waals surface area contributed by atoms with Crippen LogP contribution in [-0.4, -0.2) is 51.9 Å². The third-order valence-electron chi connectivity index (χ3n) is 4.47. The Hall–Kier alpha value is -3.42. The summed E-state index contributed by atoms with van der Waals surface area (Å²) in [5, 5.41) is 0. The molecule has 2 aromatic rings. The van der Waals surface area contributed by atoms with Crippen molar-refractivity contribution in [2.75, 3.05) is 40.1 Å². The van der Waals surface area contributed by atoms with Crippen molar-refractivity contribution in [2.45, 2.75) is 6.42 Å². The van der Waals surface area contributed by atoms with Gasteiger partial charge in [-0.1, -0.05) is 0 Å². The number of esters is 1. The van der Waals surface area contributed by atoms with Crippen molar-refractivity contribution in [1.29, 1.82) is 0 Å². The maximum absolute atomic E-state index is 12.5. The highest BCUT2D eigenvalue weighted by atomic mass is 16.6. The van der Waals surface area contributed by atoms with Crippen molar-refractivity contribution in [3.63, 3.8) is 0 Å². The van der Waals surface area contributed by atoms with Gasteiger partial charge in [0.05, 0.1) is 25.9 Å². The number of fused-ring (bicyclic) bond motifs is 2. The Morgan fingerprint density at radius 2 is 1.59 bits per heavy atom. The number of Topliss-reactive ketones (excluding diaryl/α,β-unsaturated/α-hetero) is 1. The number of ketones is 1. The second kappa shape index (κ2) is 8.30. The number of carbonyl (C=O) groups is 2. The van der Waals surface area contributed by atoms with Crippen LogP contribution in [0.2, 0.25) is 0 Å². The second-order valence-corrected chi connectivity index (χ2v) is 6.41. The standard InChI is InChI=1S/C21H20O8/c1-24-18-10-14(11-19-20(18)28-8-7-27-19)21(23)29-12-15(22)13-3-4-16-17(9-13)26-6-2-5-25-16/h3-4,9-11H,2,5-8,12H2,1H3. The lowest BCUT2D eigenvalue weighted by molar-refractivity contribution is 0.0473. The molecule has 0 N–H and O–H groups in total. The number of carbonyl (C=O) groups excluding carboxylic acids is 2. The Labute approximate surface area is 167 Å². The Bertz CT molecular complexity index is 919. The van der Waals surface area contributed by atoms with Gasteiger partial charge in [0.15, 0.2) is 35.4 Å². The van der Waals surface area contributed by atoms with E-state index >= 15 is 0 Å². The number of benzene rings is 2. The van der Waals surface area contributed by atoms with E-state index in [1.807, 2.05) is 0 Å². The van der Waals surface area contributed by atoms with Gasteiger partial charge in [0.2, 0.25) is 5.75 Å². The monoisotopic (exact) mass is 400 g/mol. The molecular weight excluding hydrogens is 380 g/mol. The van der Waals surface area contributed by atoms with Crippen LogP contribution in [0.4, 0.5) is 0 Å². The maximum Gasteiger partial charge on any atom is 0.338 e. The average Bonchev–Trinajstić information content (AvgIpc) is 3.01. The Kier molecular flexibility index (Phi) is 5.41. The van der Waals surface area contributed by atoms with Crippen LogP contribution in [0.25, 0.3) is 0 Å². The van der Waals surface area contributed by atoms with Gasteiger partial charge in [0.25, 0.3) is 0 Å². The Morgan fingerprint density at radius 1 is 0.862 bits per heavy atom. The molecule has 2 aromatic carbocycles. The Morgan fingerprint density at radius 3 is 2.41 bits per heavy atom. The molecule has 2 heterocycles. The highest BCUT2D eigenvalue weighted by molar-refractivity contribution is 6.00. The van der Waals surface area contributed by atoms with Crippen LogP contribution >= 0.6 is 0 Å². The molecule has 0 bridgehead atoms. The molecule has 8 heteroatoms. The highest BCUT2D eigenvalue weighted by Crippen LogP contribution is 2.40. The summed E-state index contributed by atoms with van der Waals surface area (Å²) in [6, 6.07) is 7.91. The van der Waals surface area contributed by atoms with Crippen LogP contribution in [0, 0.1) is 0 Å². The summed E-state index contributed by atoms with van der Waals surface area (Å²) in [7, 11) is 1.47. The molecule has 0 amide bonds. The van der Waals surface area contributed by atoms with Crippen LogP contribution < -0.4 is 23.7 Å². The molecule has 2 aliphatic heterocycles. The minimum atomic E-state index is -0.664. The van der Waals surface area contributed by atoms with Crippen LogP contribution in [0.1, 0.15) is 27.1 Å². The fourth-order valence-electron chi connectivity index (χ4n) is 3.03. The van der Waals surface area contributed by atoms with Gasteiger partial charge in [-0.2, -0.15) is 0 Å². The molecule has 0 saturated carbocycles. The van der Waals surface area contributed by atoms with Gasteiger partial charge < -0.3 is 28.4 Å². The molecule has 0 aliphatic carbocycles. The highest BCUT2D eigenvalue weighted by Gasteiger charge is 2.22. The SMILES string of the molecule is COc1cc(C(=O)OCC(=O)c2ccc3c(c2)OCCCO3)cc2c1OCCO2. The summed E-state index contributed by atoms with van der Waals surface area (Å²) in [5.41, 5.74) is 0.583. The molecule has 152 valence electrons. The maximum atomic E-state index is 12.5. The molecule has 0 radical (unpaired) electrons. The number of hydrogen-bond acceptors (Lipinski definition) is 8. The third-order valence-corrected chi connectivity index (χ3v) is 4.47. The van der Waals surface area contributed by atoms with Crippen molar-refractivity contribution in [1.82, 2.24) is 0 Å². The topological polar surface area (TPSA) is 89.5 Å². The van der Waals surface area contributed by atoms with Gasteiger partial charge in [0.1, 0.15) is 13.2 Å². The van der Waals surface area contributed by atoms with E-state index in [1.54, 1.807) is 18.2 Å². The molecule has 0 fully saturated rings. The van der Waals surface area contributed by atoms with Gasteiger partial charge in [-0.05, 0) is 30.3 Å². The first-order valence-electron chi connectivity index (χ1n) is 9.23. The molecule has 0 spiro atoms. The first kappa shape index (κ1) is 18.9. The molecule has 0 atom stereocenters. The first-order chi connectivity index (χ1) is 14.2. The summed E-state index contributed by atoms with van der Waals surface area (Å²) >= 11 is 0. The molecule has 0 saturated heterocycles. The van der Waals surface area contributed by atoms with E-state index in [4.69, 9.17) is 28.4 Å². The number of hydrogen-bond donors (Lipinski definition) is 0. The minimum absolute atomic E-state index is 0.206. The van der Waals surface area contributed by atoms with Crippen LogP contribution in [0.5, 0.6) is 28.7 Å². The molecular formula is C21H20O8. The third kappa shape index (κ3) is 4.06. The predicted molar refractivity (Wildman–Crippen MR) is 101 cm³/mol. The lowest BCUT2D eigenvalue weighted by Gasteiger charge is -2.21. The summed E-state index contributed by atoms with van der Waals surface area (Å²) in [5.74, 6) is 1.30. The number of ether oxygens (including phenoxy) is 6.